The molecule has 0 radical (unpaired) electrons. The monoisotopic (exact) mass is 233 g/mol. The standard InChI is InChI=1S/C13H15NO3/c1-2-14-5-3-11-9(4-6-15)7-10(13(16)17)8-12(11)14/h3,5,7-8,15H,2,4,6H2,1H3,(H,16,17). The van der Waals surface area contributed by atoms with Crippen molar-refractivity contribution >= 4 is 16.9 Å². The first-order valence-electron chi connectivity index (χ1n) is 5.63. The zero-order valence-electron chi connectivity index (χ0n) is 9.68. The van der Waals surface area contributed by atoms with E-state index in [0.29, 0.717) is 6.42 Å². The maximum absolute atomic E-state index is 11.1. The third-order valence-electron chi connectivity index (χ3n) is 2.94. The summed E-state index contributed by atoms with van der Waals surface area (Å²) in [5.74, 6) is -0.935. The number of rotatable bonds is 4. The first kappa shape index (κ1) is 11.7. The van der Waals surface area contributed by atoms with Crippen LogP contribution in [0.3, 0.4) is 0 Å². The number of aromatic carboxylic acids is 1. The molecule has 4 heteroatoms. The quantitative estimate of drug-likeness (QED) is 0.847. The van der Waals surface area contributed by atoms with Gasteiger partial charge in [-0.25, -0.2) is 4.79 Å². The lowest BCUT2D eigenvalue weighted by atomic mass is 10.0. The molecular formula is C13H15NO3. The molecule has 1 heterocycles. The van der Waals surface area contributed by atoms with Gasteiger partial charge >= 0.3 is 5.97 Å². The highest BCUT2D eigenvalue weighted by molar-refractivity contribution is 5.95. The van der Waals surface area contributed by atoms with Crippen LogP contribution in [0.1, 0.15) is 22.8 Å². The minimum Gasteiger partial charge on any atom is -0.478 e. The van der Waals surface area contributed by atoms with Crippen LogP contribution in [0.15, 0.2) is 24.4 Å². The van der Waals surface area contributed by atoms with Crippen LogP contribution in [0.4, 0.5) is 0 Å². The molecular weight excluding hydrogens is 218 g/mol. The summed E-state index contributed by atoms with van der Waals surface area (Å²) in [4.78, 5) is 11.1. The second-order valence-corrected chi connectivity index (χ2v) is 3.95. The number of aliphatic hydroxyl groups excluding tert-OH is 1. The van der Waals surface area contributed by atoms with Gasteiger partial charge in [0.15, 0.2) is 0 Å². The molecule has 2 rings (SSSR count). The average molecular weight is 233 g/mol. The van der Waals surface area contributed by atoms with Gasteiger partial charge in [-0.15, -0.1) is 0 Å². The van der Waals surface area contributed by atoms with Crippen molar-refractivity contribution in [3.8, 4) is 0 Å². The lowest BCUT2D eigenvalue weighted by Crippen LogP contribution is -2.01. The van der Waals surface area contributed by atoms with Crippen molar-refractivity contribution in [1.82, 2.24) is 4.57 Å². The minimum absolute atomic E-state index is 0.0233. The molecule has 2 aromatic rings. The number of hydrogen-bond donors (Lipinski definition) is 2. The van der Waals surface area contributed by atoms with Crippen molar-refractivity contribution in [2.24, 2.45) is 0 Å². The molecule has 0 saturated heterocycles. The van der Waals surface area contributed by atoms with E-state index in [4.69, 9.17) is 10.2 Å². The molecule has 4 nitrogen and oxygen atoms in total. The molecule has 0 aliphatic rings. The Kier molecular flexibility index (Phi) is 3.15. The summed E-state index contributed by atoms with van der Waals surface area (Å²) < 4.78 is 2.00. The number of aliphatic hydroxyl groups is 1. The zero-order valence-corrected chi connectivity index (χ0v) is 9.68. The Morgan fingerprint density at radius 2 is 2.18 bits per heavy atom. The normalized spacial score (nSPS) is 10.9. The van der Waals surface area contributed by atoms with E-state index in [9.17, 15) is 4.79 Å². The number of hydrogen-bond acceptors (Lipinski definition) is 2. The second kappa shape index (κ2) is 4.59. The molecule has 0 saturated carbocycles. The predicted octanol–water partition coefficient (Wildman–Crippen LogP) is 1.89. The van der Waals surface area contributed by atoms with Crippen molar-refractivity contribution in [2.75, 3.05) is 6.61 Å². The number of carboxylic acids is 1. The smallest absolute Gasteiger partial charge is 0.335 e. The van der Waals surface area contributed by atoms with Gasteiger partial charge in [-0.05, 0) is 37.1 Å². The summed E-state index contributed by atoms with van der Waals surface area (Å²) >= 11 is 0. The fraction of sp³-hybridized carbons (Fsp3) is 0.308. The summed E-state index contributed by atoms with van der Waals surface area (Å²) in [5, 5.41) is 19.1. The van der Waals surface area contributed by atoms with E-state index >= 15 is 0 Å². The number of carbonyl (C=O) groups is 1. The van der Waals surface area contributed by atoms with Gasteiger partial charge in [0, 0.05) is 30.3 Å². The van der Waals surface area contributed by atoms with E-state index in [1.54, 1.807) is 12.1 Å². The lowest BCUT2D eigenvalue weighted by Gasteiger charge is -2.06. The Morgan fingerprint density at radius 1 is 1.41 bits per heavy atom. The fourth-order valence-corrected chi connectivity index (χ4v) is 2.10. The molecule has 1 aromatic heterocycles. The fourth-order valence-electron chi connectivity index (χ4n) is 2.10. The van der Waals surface area contributed by atoms with Gasteiger partial charge in [0.25, 0.3) is 0 Å². The van der Waals surface area contributed by atoms with Gasteiger partial charge < -0.3 is 14.8 Å². The Labute approximate surface area is 99.1 Å². The van der Waals surface area contributed by atoms with Crippen molar-refractivity contribution in [3.05, 3.63) is 35.5 Å². The summed E-state index contributed by atoms with van der Waals surface area (Å²) in [6.45, 7) is 2.83. The van der Waals surface area contributed by atoms with E-state index in [2.05, 4.69) is 0 Å². The third-order valence-corrected chi connectivity index (χ3v) is 2.94. The van der Waals surface area contributed by atoms with Gasteiger partial charge in [-0.1, -0.05) is 0 Å². The summed E-state index contributed by atoms with van der Waals surface area (Å²) in [6, 6.07) is 5.29. The van der Waals surface area contributed by atoms with Crippen LogP contribution in [0.5, 0.6) is 0 Å². The molecule has 0 bridgehead atoms. The highest BCUT2D eigenvalue weighted by atomic mass is 16.4. The summed E-state index contributed by atoms with van der Waals surface area (Å²) in [5.41, 5.74) is 2.07. The molecule has 2 N–H and O–H groups in total. The average Bonchev–Trinajstić information content (AvgIpc) is 2.72. The number of nitrogens with zero attached hydrogens (tertiary/aromatic N) is 1. The van der Waals surface area contributed by atoms with E-state index in [0.717, 1.165) is 23.0 Å². The van der Waals surface area contributed by atoms with Crippen LogP contribution in [0.25, 0.3) is 10.9 Å². The van der Waals surface area contributed by atoms with Gasteiger partial charge in [0.1, 0.15) is 0 Å². The Bertz CT molecular complexity index is 557. The van der Waals surface area contributed by atoms with Crippen molar-refractivity contribution in [1.29, 1.82) is 0 Å². The number of aromatic nitrogens is 1. The van der Waals surface area contributed by atoms with Crippen LogP contribution in [-0.4, -0.2) is 27.4 Å². The Hall–Kier alpha value is -1.81. The SMILES string of the molecule is CCn1ccc2c(CCO)cc(C(=O)O)cc21. The van der Waals surface area contributed by atoms with Gasteiger partial charge in [-0.3, -0.25) is 0 Å². The summed E-state index contributed by atoms with van der Waals surface area (Å²) in [7, 11) is 0. The molecule has 0 spiro atoms. The van der Waals surface area contributed by atoms with Crippen LogP contribution in [-0.2, 0) is 13.0 Å². The highest BCUT2D eigenvalue weighted by Gasteiger charge is 2.11. The van der Waals surface area contributed by atoms with Crippen LogP contribution in [0, 0.1) is 0 Å². The number of carboxylic acid groups (broad SMARTS) is 1. The summed E-state index contributed by atoms with van der Waals surface area (Å²) in [6.07, 6.45) is 2.42. The minimum atomic E-state index is -0.935. The van der Waals surface area contributed by atoms with Crippen LogP contribution >= 0.6 is 0 Å². The molecule has 0 aliphatic carbocycles. The van der Waals surface area contributed by atoms with E-state index in [1.165, 1.54) is 0 Å². The maximum atomic E-state index is 11.1. The molecule has 0 fully saturated rings. The molecule has 0 unspecified atom stereocenters. The van der Waals surface area contributed by atoms with Crippen molar-refractivity contribution < 1.29 is 15.0 Å². The Balaban J connectivity index is 2.69. The lowest BCUT2D eigenvalue weighted by molar-refractivity contribution is 0.0697. The third kappa shape index (κ3) is 2.03. The number of aryl methyl sites for hydroxylation is 1. The molecule has 0 atom stereocenters. The van der Waals surface area contributed by atoms with Gasteiger partial charge in [-0.2, -0.15) is 0 Å². The van der Waals surface area contributed by atoms with E-state index < -0.39 is 5.97 Å². The first-order chi connectivity index (χ1) is 8.17. The topological polar surface area (TPSA) is 62.5 Å². The van der Waals surface area contributed by atoms with E-state index in [-0.39, 0.29) is 12.2 Å². The predicted molar refractivity (Wildman–Crippen MR) is 65.4 cm³/mol. The second-order valence-electron chi connectivity index (χ2n) is 3.95. The zero-order chi connectivity index (χ0) is 12.4. The van der Waals surface area contributed by atoms with Crippen molar-refractivity contribution in [3.63, 3.8) is 0 Å². The molecule has 0 amide bonds. The molecule has 90 valence electrons. The number of fused-ring (bicyclic) bond motifs is 1. The maximum Gasteiger partial charge on any atom is 0.335 e. The number of benzene rings is 1. The van der Waals surface area contributed by atoms with Crippen LogP contribution < -0.4 is 0 Å². The van der Waals surface area contributed by atoms with E-state index in [1.807, 2.05) is 23.8 Å². The molecule has 17 heavy (non-hydrogen) atoms. The molecule has 1 aromatic carbocycles. The van der Waals surface area contributed by atoms with Gasteiger partial charge in [0.2, 0.25) is 0 Å². The highest BCUT2D eigenvalue weighted by Crippen LogP contribution is 2.23. The first-order valence-corrected chi connectivity index (χ1v) is 5.63. The van der Waals surface area contributed by atoms with Crippen molar-refractivity contribution in [2.45, 2.75) is 19.9 Å². The largest absolute Gasteiger partial charge is 0.478 e. The van der Waals surface area contributed by atoms with Crippen LogP contribution in [0.2, 0.25) is 0 Å². The van der Waals surface area contributed by atoms with Gasteiger partial charge in [0.05, 0.1) is 5.56 Å². The molecule has 0 aliphatic heterocycles. The Morgan fingerprint density at radius 3 is 2.76 bits per heavy atom.